The summed E-state index contributed by atoms with van der Waals surface area (Å²) in [6, 6.07) is 11.8. The van der Waals surface area contributed by atoms with Crippen molar-refractivity contribution in [3.8, 4) is 17.2 Å². The third kappa shape index (κ3) is 4.92. The number of carbonyl (C=O) groups is 1. The first kappa shape index (κ1) is 20.8. The van der Waals surface area contributed by atoms with Crippen LogP contribution in [0, 0.1) is 6.92 Å². The second-order valence-electron chi connectivity index (χ2n) is 7.03. The molecule has 29 heavy (non-hydrogen) atoms. The van der Waals surface area contributed by atoms with Gasteiger partial charge in [-0.3, -0.25) is 4.90 Å². The van der Waals surface area contributed by atoms with Gasteiger partial charge >= 0.3 is 6.03 Å². The Bertz CT molecular complexity index is 823. The van der Waals surface area contributed by atoms with E-state index in [-0.39, 0.29) is 6.03 Å². The highest BCUT2D eigenvalue weighted by atomic mass is 16.5. The molecule has 0 aromatic heterocycles. The van der Waals surface area contributed by atoms with Crippen LogP contribution in [0.2, 0.25) is 0 Å². The van der Waals surface area contributed by atoms with E-state index in [1.165, 1.54) is 11.1 Å². The highest BCUT2D eigenvalue weighted by molar-refractivity contribution is 5.90. The summed E-state index contributed by atoms with van der Waals surface area (Å²) < 4.78 is 16.0. The van der Waals surface area contributed by atoms with Crippen molar-refractivity contribution in [2.24, 2.45) is 0 Å². The van der Waals surface area contributed by atoms with Crippen molar-refractivity contribution in [3.05, 3.63) is 47.5 Å². The average Bonchev–Trinajstić information content (AvgIpc) is 2.75. The summed E-state index contributed by atoms with van der Waals surface area (Å²) in [4.78, 5) is 16.9. The largest absolute Gasteiger partial charge is 0.493 e. The monoisotopic (exact) mass is 399 g/mol. The summed E-state index contributed by atoms with van der Waals surface area (Å²) in [6.45, 7) is 6.10. The zero-order chi connectivity index (χ0) is 20.8. The minimum absolute atomic E-state index is 0.130. The van der Waals surface area contributed by atoms with Gasteiger partial charge in [-0.15, -0.1) is 0 Å². The third-order valence-electron chi connectivity index (χ3n) is 5.23. The summed E-state index contributed by atoms with van der Waals surface area (Å²) in [5.41, 5.74) is 3.24. The molecule has 2 aromatic rings. The number of amides is 2. The van der Waals surface area contributed by atoms with Crippen molar-refractivity contribution >= 4 is 11.7 Å². The van der Waals surface area contributed by atoms with Gasteiger partial charge in [-0.05, 0) is 18.1 Å². The van der Waals surface area contributed by atoms with Crippen LogP contribution < -0.4 is 19.5 Å². The maximum atomic E-state index is 12.7. The molecule has 1 saturated heterocycles. The molecule has 3 rings (SSSR count). The molecule has 0 unspecified atom stereocenters. The summed E-state index contributed by atoms with van der Waals surface area (Å²) in [5.74, 6) is 1.51. The predicted octanol–water partition coefficient (Wildman–Crippen LogP) is 3.37. The van der Waals surface area contributed by atoms with E-state index in [1.54, 1.807) is 33.5 Å². The van der Waals surface area contributed by atoms with Crippen molar-refractivity contribution in [3.63, 3.8) is 0 Å². The number of anilines is 1. The molecule has 0 bridgehead atoms. The van der Waals surface area contributed by atoms with Gasteiger partial charge in [0, 0.05) is 44.9 Å². The summed E-state index contributed by atoms with van der Waals surface area (Å²) in [5, 5.41) is 2.94. The van der Waals surface area contributed by atoms with Crippen LogP contribution in [0.25, 0.3) is 0 Å². The molecule has 2 amide bonds. The minimum atomic E-state index is -0.130. The normalized spacial score (nSPS) is 14.4. The van der Waals surface area contributed by atoms with Crippen LogP contribution in [-0.2, 0) is 6.54 Å². The van der Waals surface area contributed by atoms with Gasteiger partial charge in [0.25, 0.3) is 0 Å². The molecule has 0 atom stereocenters. The van der Waals surface area contributed by atoms with Gasteiger partial charge in [-0.2, -0.15) is 0 Å². The van der Waals surface area contributed by atoms with Gasteiger partial charge in [0.2, 0.25) is 5.75 Å². The van der Waals surface area contributed by atoms with Crippen molar-refractivity contribution in [2.75, 3.05) is 52.8 Å². The Morgan fingerprint density at radius 2 is 1.59 bits per heavy atom. The van der Waals surface area contributed by atoms with E-state index in [0.717, 1.165) is 19.6 Å². The van der Waals surface area contributed by atoms with Crippen molar-refractivity contribution in [1.82, 2.24) is 9.80 Å². The van der Waals surface area contributed by atoms with E-state index in [4.69, 9.17) is 14.2 Å². The Labute approximate surface area is 172 Å². The van der Waals surface area contributed by atoms with E-state index in [2.05, 4.69) is 41.4 Å². The molecule has 2 aromatic carbocycles. The van der Waals surface area contributed by atoms with Gasteiger partial charge in [0.05, 0.1) is 27.0 Å². The first-order chi connectivity index (χ1) is 14.0. The van der Waals surface area contributed by atoms with Crippen LogP contribution in [-0.4, -0.2) is 63.3 Å². The molecule has 1 aliphatic heterocycles. The van der Waals surface area contributed by atoms with Gasteiger partial charge in [-0.25, -0.2) is 4.79 Å². The van der Waals surface area contributed by atoms with Crippen LogP contribution in [0.3, 0.4) is 0 Å². The molecule has 0 spiro atoms. The lowest BCUT2D eigenvalue weighted by Gasteiger charge is -2.35. The molecule has 7 heteroatoms. The zero-order valence-electron chi connectivity index (χ0n) is 17.5. The number of piperazine rings is 1. The molecule has 0 saturated carbocycles. The fourth-order valence-electron chi connectivity index (χ4n) is 3.49. The first-order valence-corrected chi connectivity index (χ1v) is 9.68. The second kappa shape index (κ2) is 9.52. The van der Waals surface area contributed by atoms with Crippen molar-refractivity contribution in [1.29, 1.82) is 0 Å². The second-order valence-corrected chi connectivity index (χ2v) is 7.03. The summed E-state index contributed by atoms with van der Waals surface area (Å²) >= 11 is 0. The molecule has 1 heterocycles. The number of carbonyl (C=O) groups excluding carboxylic acids is 1. The molecule has 0 radical (unpaired) electrons. The minimum Gasteiger partial charge on any atom is -0.493 e. The van der Waals surface area contributed by atoms with E-state index in [0.29, 0.717) is 36.0 Å². The number of benzene rings is 2. The average molecular weight is 399 g/mol. The predicted molar refractivity (Wildman–Crippen MR) is 113 cm³/mol. The Morgan fingerprint density at radius 3 is 2.14 bits per heavy atom. The number of methoxy groups -OCH3 is 3. The van der Waals surface area contributed by atoms with Crippen LogP contribution >= 0.6 is 0 Å². The van der Waals surface area contributed by atoms with Crippen LogP contribution in [0.4, 0.5) is 10.5 Å². The van der Waals surface area contributed by atoms with Crippen LogP contribution in [0.5, 0.6) is 17.2 Å². The zero-order valence-corrected chi connectivity index (χ0v) is 17.5. The van der Waals surface area contributed by atoms with E-state index in [1.807, 2.05) is 4.90 Å². The van der Waals surface area contributed by atoms with Crippen molar-refractivity contribution in [2.45, 2.75) is 13.5 Å². The molecular weight excluding hydrogens is 370 g/mol. The van der Waals surface area contributed by atoms with Gasteiger partial charge in [-0.1, -0.05) is 24.3 Å². The summed E-state index contributed by atoms with van der Waals surface area (Å²) in [6.07, 6.45) is 0. The topological polar surface area (TPSA) is 63.3 Å². The third-order valence-corrected chi connectivity index (χ3v) is 5.23. The highest BCUT2D eigenvalue weighted by Crippen LogP contribution is 2.40. The number of nitrogens with zero attached hydrogens (tertiary/aromatic N) is 2. The Morgan fingerprint density at radius 1 is 0.966 bits per heavy atom. The molecule has 1 fully saturated rings. The van der Waals surface area contributed by atoms with E-state index in [9.17, 15) is 4.79 Å². The number of hydrogen-bond acceptors (Lipinski definition) is 5. The van der Waals surface area contributed by atoms with Crippen molar-refractivity contribution < 1.29 is 19.0 Å². The highest BCUT2D eigenvalue weighted by Gasteiger charge is 2.22. The molecule has 0 aliphatic carbocycles. The Balaban J connectivity index is 1.59. The van der Waals surface area contributed by atoms with Crippen LogP contribution in [0.15, 0.2) is 36.4 Å². The van der Waals surface area contributed by atoms with Gasteiger partial charge in [0.1, 0.15) is 0 Å². The molecule has 7 nitrogen and oxygen atoms in total. The smallest absolute Gasteiger partial charge is 0.321 e. The Kier molecular flexibility index (Phi) is 6.82. The SMILES string of the molecule is COc1cc(NC(=O)N2CCN(Cc3ccccc3C)CC2)cc(OC)c1OC. The number of hydrogen-bond donors (Lipinski definition) is 1. The van der Waals surface area contributed by atoms with Gasteiger partial charge < -0.3 is 24.4 Å². The lowest BCUT2D eigenvalue weighted by atomic mass is 10.1. The summed E-state index contributed by atoms with van der Waals surface area (Å²) in [7, 11) is 4.65. The maximum absolute atomic E-state index is 12.7. The Hall–Kier alpha value is -2.93. The lowest BCUT2D eigenvalue weighted by molar-refractivity contribution is 0.143. The number of rotatable bonds is 6. The number of urea groups is 1. The number of ether oxygens (including phenoxy) is 3. The number of aryl methyl sites for hydroxylation is 1. The van der Waals surface area contributed by atoms with E-state index < -0.39 is 0 Å². The fraction of sp³-hybridized carbons (Fsp3) is 0.409. The van der Waals surface area contributed by atoms with E-state index >= 15 is 0 Å². The molecular formula is C22H29N3O4. The maximum Gasteiger partial charge on any atom is 0.321 e. The first-order valence-electron chi connectivity index (χ1n) is 9.68. The quantitative estimate of drug-likeness (QED) is 0.807. The standard InChI is InChI=1S/C22H29N3O4/c1-16-7-5-6-8-17(16)15-24-9-11-25(12-10-24)22(26)23-18-13-19(27-2)21(29-4)20(14-18)28-3/h5-8,13-14H,9-12,15H2,1-4H3,(H,23,26). The fourth-order valence-corrected chi connectivity index (χ4v) is 3.49. The molecule has 156 valence electrons. The number of nitrogens with one attached hydrogen (secondary N) is 1. The molecule has 1 aliphatic rings. The van der Waals surface area contributed by atoms with Crippen LogP contribution in [0.1, 0.15) is 11.1 Å². The van der Waals surface area contributed by atoms with Gasteiger partial charge in [0.15, 0.2) is 11.5 Å². The molecule has 1 N–H and O–H groups in total. The lowest BCUT2D eigenvalue weighted by Crippen LogP contribution is -2.49.